The second-order valence-corrected chi connectivity index (χ2v) is 8.01. The number of para-hydroxylation sites is 1. The summed E-state index contributed by atoms with van der Waals surface area (Å²) >= 11 is 0. The van der Waals surface area contributed by atoms with Crippen LogP contribution in [0.15, 0.2) is 24.3 Å². The highest BCUT2D eigenvalue weighted by Crippen LogP contribution is 2.41. The van der Waals surface area contributed by atoms with E-state index in [2.05, 4.69) is 4.74 Å². The zero-order valence-electron chi connectivity index (χ0n) is 17.2. The summed E-state index contributed by atoms with van der Waals surface area (Å²) in [5.41, 5.74) is 2.05. The van der Waals surface area contributed by atoms with Crippen molar-refractivity contribution in [1.29, 1.82) is 0 Å². The molecule has 2 aromatic rings. The Morgan fingerprint density at radius 3 is 2.60 bits per heavy atom. The molecule has 1 aromatic heterocycles. The molecule has 2 aliphatic rings. The van der Waals surface area contributed by atoms with Crippen molar-refractivity contribution in [2.75, 3.05) is 20.8 Å². The van der Waals surface area contributed by atoms with Crippen LogP contribution in [0.5, 0.6) is 0 Å². The number of carbonyl (C=O) groups is 3. The predicted molar refractivity (Wildman–Crippen MR) is 108 cm³/mol. The topological polar surface area (TPSA) is 98.1 Å². The highest BCUT2D eigenvalue weighted by atomic mass is 16.5. The van der Waals surface area contributed by atoms with Crippen LogP contribution in [0.2, 0.25) is 0 Å². The van der Waals surface area contributed by atoms with Crippen LogP contribution in [0.25, 0.3) is 10.9 Å². The Kier molecular flexibility index (Phi) is 5.27. The number of aromatic nitrogens is 1. The Bertz CT molecular complexity index is 1010. The zero-order valence-corrected chi connectivity index (χ0v) is 17.2. The van der Waals surface area contributed by atoms with Crippen molar-refractivity contribution in [3.8, 4) is 0 Å². The lowest BCUT2D eigenvalue weighted by atomic mass is 9.82. The quantitative estimate of drug-likeness (QED) is 0.772. The number of aliphatic hydroxyl groups excluding tert-OH is 1. The fraction of sp³-hybridized carbons (Fsp3) is 0.500. The van der Waals surface area contributed by atoms with Crippen molar-refractivity contribution in [2.45, 2.75) is 50.2 Å². The third-order valence-electron chi connectivity index (χ3n) is 6.58. The number of hydrogen-bond donors (Lipinski definition) is 1. The van der Waals surface area contributed by atoms with E-state index in [9.17, 15) is 19.5 Å². The molecule has 4 rings (SSSR count). The average Bonchev–Trinajstić information content (AvgIpc) is 3.22. The number of hydrogen-bond acceptors (Lipinski definition) is 6. The lowest BCUT2D eigenvalue weighted by Crippen LogP contribution is -2.51. The molecule has 8 heteroatoms. The minimum Gasteiger partial charge on any atom is -0.467 e. The molecule has 1 unspecified atom stereocenters. The second kappa shape index (κ2) is 7.75. The van der Waals surface area contributed by atoms with Crippen molar-refractivity contribution in [2.24, 2.45) is 0 Å². The Labute approximate surface area is 174 Å². The van der Waals surface area contributed by atoms with E-state index in [1.165, 1.54) is 14.2 Å². The Hall–Kier alpha value is -2.87. The molecule has 3 heterocycles. The summed E-state index contributed by atoms with van der Waals surface area (Å²) in [5, 5.41) is 11.3. The molecular weight excluding hydrogens is 388 g/mol. The van der Waals surface area contributed by atoms with Gasteiger partial charge in [0.1, 0.15) is 0 Å². The van der Waals surface area contributed by atoms with Gasteiger partial charge in [0, 0.05) is 36.0 Å². The maximum atomic E-state index is 12.7. The first-order valence-electron chi connectivity index (χ1n) is 10.2. The highest BCUT2D eigenvalue weighted by Gasteiger charge is 2.48. The summed E-state index contributed by atoms with van der Waals surface area (Å²) in [6, 6.07) is 7.68. The van der Waals surface area contributed by atoms with Gasteiger partial charge in [-0.25, -0.2) is 14.2 Å². The lowest BCUT2D eigenvalue weighted by molar-refractivity contribution is -0.153. The first-order chi connectivity index (χ1) is 14.4. The van der Waals surface area contributed by atoms with E-state index < -0.39 is 23.7 Å². The first-order valence-corrected chi connectivity index (χ1v) is 10.2. The van der Waals surface area contributed by atoms with Gasteiger partial charge in [-0.3, -0.25) is 4.79 Å². The number of carbonyl (C=O) groups excluding carboxylic acids is 3. The largest absolute Gasteiger partial charge is 0.467 e. The van der Waals surface area contributed by atoms with Gasteiger partial charge in [0.05, 0.1) is 19.7 Å². The molecule has 0 saturated carbocycles. The molecule has 0 spiro atoms. The van der Waals surface area contributed by atoms with Gasteiger partial charge in [-0.1, -0.05) is 18.2 Å². The summed E-state index contributed by atoms with van der Waals surface area (Å²) < 4.78 is 11.3. The van der Waals surface area contributed by atoms with Gasteiger partial charge >= 0.3 is 12.1 Å². The number of benzene rings is 1. The summed E-state index contributed by atoms with van der Waals surface area (Å²) in [6.07, 6.45) is 0.971. The maximum Gasteiger partial charge on any atom is 0.418 e. The summed E-state index contributed by atoms with van der Waals surface area (Å²) in [7, 11) is 2.60. The number of amides is 1. The molecular formula is C22H26N2O6. The third kappa shape index (κ3) is 3.15. The van der Waals surface area contributed by atoms with E-state index in [1.54, 1.807) is 4.57 Å². The van der Waals surface area contributed by atoms with E-state index in [-0.39, 0.29) is 12.3 Å². The molecule has 8 nitrogen and oxygen atoms in total. The zero-order chi connectivity index (χ0) is 21.5. The Balaban J connectivity index is 1.77. The number of aliphatic hydroxyl groups is 1. The van der Waals surface area contributed by atoms with Gasteiger partial charge in [-0.2, -0.15) is 0 Å². The minimum atomic E-state index is -1.30. The molecule has 1 fully saturated rings. The average molecular weight is 414 g/mol. The molecule has 2 atom stereocenters. The SMILES string of the molecule is COC(=O)C(O)C[C@]12CCC(=O)N1CCc1c(n(C(=O)OC)c3ccccc13)CC2. The van der Waals surface area contributed by atoms with Crippen LogP contribution in [-0.2, 0) is 31.9 Å². The lowest BCUT2D eigenvalue weighted by Gasteiger charge is -2.41. The van der Waals surface area contributed by atoms with Gasteiger partial charge in [-0.15, -0.1) is 0 Å². The standard InChI is InChI=1S/C22H26N2O6/c1-29-20(27)18(25)13-22-10-7-17-15(9-12-23(22)19(26)8-11-22)14-5-3-4-6-16(14)24(17)21(28)30-2/h3-6,18,25H,7-13H2,1-2H3/t18?,22-/m0/s1. The van der Waals surface area contributed by atoms with Crippen LogP contribution in [-0.4, -0.2) is 65.0 Å². The fourth-order valence-corrected chi connectivity index (χ4v) is 5.17. The predicted octanol–water partition coefficient (Wildman–Crippen LogP) is 2.03. The van der Waals surface area contributed by atoms with Crippen molar-refractivity contribution in [3.05, 3.63) is 35.5 Å². The van der Waals surface area contributed by atoms with Crippen molar-refractivity contribution < 1.29 is 29.0 Å². The number of ether oxygens (including phenoxy) is 2. The molecule has 30 heavy (non-hydrogen) atoms. The molecule has 1 amide bonds. The Morgan fingerprint density at radius 2 is 1.87 bits per heavy atom. The van der Waals surface area contributed by atoms with Gasteiger partial charge in [-0.05, 0) is 37.3 Å². The van der Waals surface area contributed by atoms with Gasteiger partial charge in [0.2, 0.25) is 5.91 Å². The maximum absolute atomic E-state index is 12.7. The highest BCUT2D eigenvalue weighted by molar-refractivity contribution is 5.94. The van der Waals surface area contributed by atoms with E-state index in [0.717, 1.165) is 22.2 Å². The fourth-order valence-electron chi connectivity index (χ4n) is 5.17. The number of methoxy groups -OCH3 is 2. The van der Waals surface area contributed by atoms with E-state index in [4.69, 9.17) is 4.74 Å². The number of nitrogens with zero attached hydrogens (tertiary/aromatic N) is 2. The van der Waals surface area contributed by atoms with E-state index in [1.807, 2.05) is 29.2 Å². The van der Waals surface area contributed by atoms with Gasteiger partial charge in [0.25, 0.3) is 0 Å². The van der Waals surface area contributed by atoms with Gasteiger partial charge in [0.15, 0.2) is 6.10 Å². The molecule has 0 bridgehead atoms. The second-order valence-electron chi connectivity index (χ2n) is 8.01. The van der Waals surface area contributed by atoms with Gasteiger partial charge < -0.3 is 19.5 Å². The Morgan fingerprint density at radius 1 is 1.13 bits per heavy atom. The molecule has 0 radical (unpaired) electrons. The molecule has 1 aromatic carbocycles. The third-order valence-corrected chi connectivity index (χ3v) is 6.58. The summed E-state index contributed by atoms with van der Waals surface area (Å²) in [4.78, 5) is 39.0. The van der Waals surface area contributed by atoms with Crippen LogP contribution < -0.4 is 0 Å². The van der Waals surface area contributed by atoms with Crippen LogP contribution in [0, 0.1) is 0 Å². The van der Waals surface area contributed by atoms with Crippen LogP contribution >= 0.6 is 0 Å². The summed E-state index contributed by atoms with van der Waals surface area (Å²) in [5.74, 6) is -0.665. The number of rotatable bonds is 3. The van der Waals surface area contributed by atoms with Crippen LogP contribution in [0.3, 0.4) is 0 Å². The molecule has 1 saturated heterocycles. The number of fused-ring (bicyclic) bond motifs is 4. The van der Waals surface area contributed by atoms with Crippen LogP contribution in [0.1, 0.15) is 36.9 Å². The molecule has 1 N–H and O–H groups in total. The number of esters is 1. The normalized spacial score (nSPS) is 22.1. The van der Waals surface area contributed by atoms with E-state index in [0.29, 0.717) is 38.6 Å². The van der Waals surface area contributed by atoms with E-state index >= 15 is 0 Å². The smallest absolute Gasteiger partial charge is 0.418 e. The summed E-state index contributed by atoms with van der Waals surface area (Å²) in [6.45, 7) is 0.467. The molecule has 0 aliphatic carbocycles. The van der Waals surface area contributed by atoms with Crippen LogP contribution in [0.4, 0.5) is 4.79 Å². The first kappa shape index (κ1) is 20.4. The van der Waals surface area contributed by atoms with Crippen molar-refractivity contribution >= 4 is 28.9 Å². The van der Waals surface area contributed by atoms with Crippen molar-refractivity contribution in [3.63, 3.8) is 0 Å². The molecule has 2 aliphatic heterocycles. The monoisotopic (exact) mass is 414 g/mol. The molecule has 160 valence electrons. The minimum absolute atomic E-state index is 0.0345. The van der Waals surface area contributed by atoms with Crippen molar-refractivity contribution in [1.82, 2.24) is 9.47 Å².